The van der Waals surface area contributed by atoms with E-state index in [1.165, 1.54) is 17.5 Å². The lowest BCUT2D eigenvalue weighted by molar-refractivity contribution is -0.892. The molecular weight excluding hydrogens is 284 g/mol. The Morgan fingerprint density at radius 3 is 2.36 bits per heavy atom. The minimum absolute atomic E-state index is 0.164. The Kier molecular flexibility index (Phi) is 5.60. The molecule has 1 aromatic rings. The number of quaternary nitrogens is 1. The SMILES string of the molecule is COc1ccc(N2CC[NH+](CC(=O)NNC(C)=O)CC2)cc1. The average molecular weight is 307 g/mol. The number of piperazine rings is 1. The topological polar surface area (TPSA) is 75.1 Å². The van der Waals surface area contributed by atoms with E-state index in [9.17, 15) is 9.59 Å². The summed E-state index contributed by atoms with van der Waals surface area (Å²) in [6.07, 6.45) is 0. The van der Waals surface area contributed by atoms with Gasteiger partial charge in [-0.1, -0.05) is 0 Å². The van der Waals surface area contributed by atoms with Crippen molar-refractivity contribution in [1.82, 2.24) is 10.9 Å². The molecule has 1 aromatic carbocycles. The van der Waals surface area contributed by atoms with Crippen LogP contribution in [0.25, 0.3) is 0 Å². The first-order chi connectivity index (χ1) is 10.6. The predicted octanol–water partition coefficient (Wildman–Crippen LogP) is -1.43. The summed E-state index contributed by atoms with van der Waals surface area (Å²) in [5.41, 5.74) is 5.87. The Bertz CT molecular complexity index is 510. The molecule has 2 rings (SSSR count). The number of nitrogens with zero attached hydrogens (tertiary/aromatic N) is 1. The van der Waals surface area contributed by atoms with Crippen molar-refractivity contribution in [3.63, 3.8) is 0 Å². The first kappa shape index (κ1) is 16.1. The van der Waals surface area contributed by atoms with Crippen molar-refractivity contribution in [1.29, 1.82) is 0 Å². The third-order valence-electron chi connectivity index (χ3n) is 3.70. The van der Waals surface area contributed by atoms with Crippen molar-refractivity contribution < 1.29 is 19.2 Å². The fraction of sp³-hybridized carbons (Fsp3) is 0.467. The zero-order chi connectivity index (χ0) is 15.9. The standard InChI is InChI=1S/C15H22N4O3/c1-12(20)16-17-15(21)11-18-7-9-19(10-8-18)13-3-5-14(22-2)6-4-13/h3-6H,7-11H2,1-2H3,(H,16,20)(H,17,21)/p+1. The molecule has 3 N–H and O–H groups in total. The highest BCUT2D eigenvalue weighted by Crippen LogP contribution is 2.18. The van der Waals surface area contributed by atoms with E-state index in [4.69, 9.17) is 4.74 Å². The summed E-state index contributed by atoms with van der Waals surface area (Å²) in [6.45, 7) is 5.31. The number of amides is 2. The maximum atomic E-state index is 11.7. The highest BCUT2D eigenvalue weighted by Gasteiger charge is 2.22. The fourth-order valence-electron chi connectivity index (χ4n) is 2.48. The zero-order valence-electron chi connectivity index (χ0n) is 13.0. The molecule has 0 aromatic heterocycles. The van der Waals surface area contributed by atoms with Gasteiger partial charge in [0.25, 0.3) is 5.91 Å². The largest absolute Gasteiger partial charge is 0.497 e. The van der Waals surface area contributed by atoms with E-state index in [-0.39, 0.29) is 11.8 Å². The molecule has 0 aliphatic carbocycles. The van der Waals surface area contributed by atoms with Crippen molar-refractivity contribution in [2.24, 2.45) is 0 Å². The van der Waals surface area contributed by atoms with Gasteiger partial charge in [-0.05, 0) is 24.3 Å². The van der Waals surface area contributed by atoms with E-state index in [0.717, 1.165) is 31.9 Å². The van der Waals surface area contributed by atoms with Crippen LogP contribution in [-0.2, 0) is 9.59 Å². The Morgan fingerprint density at radius 1 is 1.18 bits per heavy atom. The number of rotatable bonds is 4. The second-order valence-electron chi connectivity index (χ2n) is 5.34. The summed E-state index contributed by atoms with van der Waals surface area (Å²) in [4.78, 5) is 25.9. The Morgan fingerprint density at radius 2 is 1.82 bits per heavy atom. The second kappa shape index (κ2) is 7.65. The molecule has 1 fully saturated rings. The molecule has 1 aliphatic heterocycles. The average Bonchev–Trinajstić information content (AvgIpc) is 2.54. The summed E-state index contributed by atoms with van der Waals surface area (Å²) in [5.74, 6) is 0.415. The molecule has 0 unspecified atom stereocenters. The van der Waals surface area contributed by atoms with Gasteiger partial charge in [0.1, 0.15) is 5.75 Å². The normalized spacial score (nSPS) is 15.3. The number of carbonyl (C=O) groups is 2. The van der Waals surface area contributed by atoms with Gasteiger partial charge in [-0.15, -0.1) is 0 Å². The molecule has 7 nitrogen and oxygen atoms in total. The molecule has 22 heavy (non-hydrogen) atoms. The van der Waals surface area contributed by atoms with Crippen molar-refractivity contribution in [3.8, 4) is 5.75 Å². The van der Waals surface area contributed by atoms with E-state index in [2.05, 4.69) is 15.8 Å². The zero-order valence-corrected chi connectivity index (χ0v) is 13.0. The van der Waals surface area contributed by atoms with Gasteiger partial charge in [0.05, 0.1) is 33.3 Å². The van der Waals surface area contributed by atoms with Gasteiger partial charge < -0.3 is 14.5 Å². The highest BCUT2D eigenvalue weighted by atomic mass is 16.5. The molecule has 1 heterocycles. The van der Waals surface area contributed by atoms with E-state index >= 15 is 0 Å². The van der Waals surface area contributed by atoms with Crippen LogP contribution in [0.5, 0.6) is 5.75 Å². The molecular formula is C15H23N4O3+. The summed E-state index contributed by atoms with van der Waals surface area (Å²) in [6, 6.07) is 8.01. The van der Waals surface area contributed by atoms with Gasteiger partial charge in [-0.3, -0.25) is 20.4 Å². The van der Waals surface area contributed by atoms with Crippen LogP contribution in [0.15, 0.2) is 24.3 Å². The lowest BCUT2D eigenvalue weighted by atomic mass is 10.2. The van der Waals surface area contributed by atoms with Gasteiger partial charge >= 0.3 is 0 Å². The monoisotopic (exact) mass is 307 g/mol. The summed E-state index contributed by atoms with van der Waals surface area (Å²) < 4.78 is 5.16. The number of hydrogen-bond acceptors (Lipinski definition) is 4. The van der Waals surface area contributed by atoms with Crippen LogP contribution < -0.4 is 25.4 Å². The van der Waals surface area contributed by atoms with Crippen molar-refractivity contribution in [2.75, 3.05) is 44.7 Å². The summed E-state index contributed by atoms with van der Waals surface area (Å²) in [7, 11) is 1.66. The minimum atomic E-state index is -0.271. The number of carbonyl (C=O) groups excluding carboxylic acids is 2. The second-order valence-corrected chi connectivity index (χ2v) is 5.34. The van der Waals surface area contributed by atoms with Crippen molar-refractivity contribution in [3.05, 3.63) is 24.3 Å². The van der Waals surface area contributed by atoms with E-state index < -0.39 is 0 Å². The number of hydrazine groups is 1. The number of benzene rings is 1. The van der Waals surface area contributed by atoms with E-state index in [0.29, 0.717) is 6.54 Å². The maximum Gasteiger partial charge on any atom is 0.293 e. The lowest BCUT2D eigenvalue weighted by Gasteiger charge is -2.33. The molecule has 1 aliphatic rings. The van der Waals surface area contributed by atoms with Crippen LogP contribution in [0, 0.1) is 0 Å². The lowest BCUT2D eigenvalue weighted by Crippen LogP contribution is -3.16. The minimum Gasteiger partial charge on any atom is -0.497 e. The Hall–Kier alpha value is -2.28. The van der Waals surface area contributed by atoms with Crippen LogP contribution >= 0.6 is 0 Å². The van der Waals surface area contributed by atoms with Crippen LogP contribution in [-0.4, -0.2) is 51.6 Å². The fourth-order valence-corrected chi connectivity index (χ4v) is 2.48. The molecule has 0 bridgehead atoms. The maximum absolute atomic E-state index is 11.7. The number of methoxy groups -OCH3 is 1. The highest BCUT2D eigenvalue weighted by molar-refractivity contribution is 5.81. The molecule has 120 valence electrons. The molecule has 2 amide bonds. The third-order valence-corrected chi connectivity index (χ3v) is 3.70. The van der Waals surface area contributed by atoms with Gasteiger partial charge in [0, 0.05) is 12.6 Å². The molecule has 0 saturated carbocycles. The number of hydrogen-bond donors (Lipinski definition) is 3. The van der Waals surface area contributed by atoms with Crippen LogP contribution in [0.1, 0.15) is 6.92 Å². The number of ether oxygens (including phenoxy) is 1. The molecule has 0 spiro atoms. The Labute approximate surface area is 130 Å². The van der Waals surface area contributed by atoms with Crippen molar-refractivity contribution in [2.45, 2.75) is 6.92 Å². The quantitative estimate of drug-likeness (QED) is 0.596. The van der Waals surface area contributed by atoms with E-state index in [1.807, 2.05) is 24.3 Å². The molecule has 0 radical (unpaired) electrons. The predicted molar refractivity (Wildman–Crippen MR) is 82.7 cm³/mol. The number of nitrogens with one attached hydrogen (secondary N) is 3. The van der Waals surface area contributed by atoms with Gasteiger partial charge in [0.2, 0.25) is 5.91 Å². The molecule has 0 atom stereocenters. The summed E-state index contributed by atoms with van der Waals surface area (Å²) in [5, 5.41) is 0. The third kappa shape index (κ3) is 4.63. The molecule has 7 heteroatoms. The van der Waals surface area contributed by atoms with E-state index in [1.54, 1.807) is 7.11 Å². The summed E-state index contributed by atoms with van der Waals surface area (Å²) >= 11 is 0. The number of anilines is 1. The van der Waals surface area contributed by atoms with Crippen LogP contribution in [0.2, 0.25) is 0 Å². The van der Waals surface area contributed by atoms with Gasteiger partial charge in [-0.25, -0.2) is 0 Å². The Balaban J connectivity index is 1.77. The van der Waals surface area contributed by atoms with Gasteiger partial charge in [0.15, 0.2) is 6.54 Å². The van der Waals surface area contributed by atoms with Crippen molar-refractivity contribution >= 4 is 17.5 Å². The first-order valence-corrected chi connectivity index (χ1v) is 7.36. The first-order valence-electron chi connectivity index (χ1n) is 7.36. The smallest absolute Gasteiger partial charge is 0.293 e. The van der Waals surface area contributed by atoms with Gasteiger partial charge in [-0.2, -0.15) is 0 Å². The van der Waals surface area contributed by atoms with Crippen LogP contribution in [0.3, 0.4) is 0 Å². The van der Waals surface area contributed by atoms with Crippen LogP contribution in [0.4, 0.5) is 5.69 Å². The molecule has 1 saturated heterocycles.